The Kier molecular flexibility index (Phi) is 4.13. The number of nitro groups is 1. The first kappa shape index (κ1) is 16.1. The van der Waals surface area contributed by atoms with E-state index in [1.165, 1.54) is 24.3 Å². The molecule has 2 N–H and O–H groups in total. The third kappa shape index (κ3) is 3.30. The lowest BCUT2D eigenvalue weighted by molar-refractivity contribution is -0.385. The third-order valence-electron chi connectivity index (χ3n) is 3.61. The minimum absolute atomic E-state index is 0.127. The number of aromatic carboxylic acids is 1. The summed E-state index contributed by atoms with van der Waals surface area (Å²) in [6, 6.07) is 12.3. The summed E-state index contributed by atoms with van der Waals surface area (Å²) in [7, 11) is 0. The molecule has 1 aromatic heterocycles. The first-order chi connectivity index (χ1) is 12.0. The van der Waals surface area contributed by atoms with Gasteiger partial charge in [0.05, 0.1) is 21.7 Å². The average Bonchev–Trinajstić information content (AvgIpc) is 2.59. The van der Waals surface area contributed by atoms with E-state index in [1.807, 2.05) is 0 Å². The van der Waals surface area contributed by atoms with Gasteiger partial charge in [-0.15, -0.1) is 0 Å². The van der Waals surface area contributed by atoms with Gasteiger partial charge in [0.1, 0.15) is 0 Å². The van der Waals surface area contributed by atoms with Crippen LogP contribution in [0.15, 0.2) is 48.5 Å². The lowest BCUT2D eigenvalue weighted by Gasteiger charge is -2.04. The van der Waals surface area contributed by atoms with Crippen molar-refractivity contribution >= 4 is 34.7 Å². The summed E-state index contributed by atoms with van der Waals surface area (Å²) < 4.78 is 0. The van der Waals surface area contributed by atoms with E-state index in [4.69, 9.17) is 0 Å². The van der Waals surface area contributed by atoms with E-state index in [0.29, 0.717) is 22.2 Å². The van der Waals surface area contributed by atoms with Gasteiger partial charge in [-0.25, -0.2) is 9.78 Å². The molecule has 7 heteroatoms. The van der Waals surface area contributed by atoms with E-state index in [0.717, 1.165) is 0 Å². The topological polar surface area (TPSA) is 114 Å². The Labute approximate surface area is 141 Å². The maximum absolute atomic E-state index is 11.4. The third-order valence-corrected chi connectivity index (χ3v) is 3.61. The van der Waals surface area contributed by atoms with Crippen molar-refractivity contribution in [1.29, 1.82) is 0 Å². The highest BCUT2D eigenvalue weighted by Gasteiger charge is 2.13. The highest BCUT2D eigenvalue weighted by molar-refractivity contribution is 6.03. The molecule has 0 unspecified atom stereocenters. The Morgan fingerprint density at radius 1 is 1.12 bits per heavy atom. The van der Waals surface area contributed by atoms with Crippen LogP contribution in [0, 0.1) is 10.1 Å². The number of hydrogen-bond acceptors (Lipinski definition) is 5. The standard InChI is InChI=1S/C18H12N2O5/c21-17-8-6-11(9-16(17)20(24)25)5-7-12-10-14(18(22)23)13-3-1-2-4-15(13)19-12/h1-10,21H,(H,22,23)/b7-5+. The number of pyridine rings is 1. The van der Waals surface area contributed by atoms with E-state index in [9.17, 15) is 25.1 Å². The first-order valence-corrected chi connectivity index (χ1v) is 7.24. The molecule has 3 aromatic rings. The van der Waals surface area contributed by atoms with Crippen LogP contribution in [0.25, 0.3) is 23.1 Å². The first-order valence-electron chi connectivity index (χ1n) is 7.24. The summed E-state index contributed by atoms with van der Waals surface area (Å²) in [6.45, 7) is 0. The minimum Gasteiger partial charge on any atom is -0.502 e. The van der Waals surface area contributed by atoms with E-state index >= 15 is 0 Å². The van der Waals surface area contributed by atoms with Gasteiger partial charge in [-0.3, -0.25) is 10.1 Å². The number of nitro benzene ring substituents is 1. The predicted molar refractivity (Wildman–Crippen MR) is 92.4 cm³/mol. The van der Waals surface area contributed by atoms with Gasteiger partial charge in [-0.2, -0.15) is 0 Å². The van der Waals surface area contributed by atoms with Crippen LogP contribution < -0.4 is 0 Å². The summed E-state index contributed by atoms with van der Waals surface area (Å²) in [4.78, 5) is 26.0. The molecule has 0 saturated heterocycles. The number of rotatable bonds is 4. The van der Waals surface area contributed by atoms with Gasteiger partial charge in [0.15, 0.2) is 5.75 Å². The molecule has 0 aliphatic carbocycles. The molecule has 0 aliphatic rings. The number of aromatic nitrogens is 1. The summed E-state index contributed by atoms with van der Waals surface area (Å²) in [5, 5.41) is 30.2. The van der Waals surface area contributed by atoms with Crippen LogP contribution in [0.4, 0.5) is 5.69 Å². The molecule has 3 rings (SSSR count). The van der Waals surface area contributed by atoms with Crippen LogP contribution in [-0.4, -0.2) is 26.1 Å². The quantitative estimate of drug-likeness (QED) is 0.554. The number of hydrogen-bond donors (Lipinski definition) is 2. The van der Waals surface area contributed by atoms with Crippen molar-refractivity contribution in [2.24, 2.45) is 0 Å². The zero-order valence-electron chi connectivity index (χ0n) is 12.8. The maximum atomic E-state index is 11.4. The number of phenols is 1. The number of carbonyl (C=O) groups is 1. The summed E-state index contributed by atoms with van der Waals surface area (Å²) in [5.74, 6) is -1.48. The van der Waals surface area contributed by atoms with Gasteiger partial charge in [0.2, 0.25) is 0 Å². The second kappa shape index (κ2) is 6.40. The molecule has 2 aromatic carbocycles. The summed E-state index contributed by atoms with van der Waals surface area (Å²) in [5.41, 5.74) is 1.16. The number of para-hydroxylation sites is 1. The van der Waals surface area contributed by atoms with Crippen LogP contribution >= 0.6 is 0 Å². The highest BCUT2D eigenvalue weighted by atomic mass is 16.6. The zero-order chi connectivity index (χ0) is 18.0. The molecule has 25 heavy (non-hydrogen) atoms. The minimum atomic E-state index is -1.06. The van der Waals surface area contributed by atoms with Crippen molar-refractivity contribution in [2.45, 2.75) is 0 Å². The Balaban J connectivity index is 2.03. The van der Waals surface area contributed by atoms with Crippen molar-refractivity contribution in [3.63, 3.8) is 0 Å². The van der Waals surface area contributed by atoms with E-state index in [1.54, 1.807) is 36.4 Å². The SMILES string of the molecule is O=C(O)c1cc(/C=C/c2ccc(O)c([N+](=O)[O-])c2)nc2ccccc12. The molecular weight excluding hydrogens is 324 g/mol. The molecule has 7 nitrogen and oxygen atoms in total. The molecule has 0 atom stereocenters. The van der Waals surface area contributed by atoms with E-state index < -0.39 is 22.3 Å². The molecule has 0 fully saturated rings. The number of carboxylic acid groups (broad SMARTS) is 1. The van der Waals surface area contributed by atoms with Crippen LogP contribution in [-0.2, 0) is 0 Å². The molecule has 0 amide bonds. The second-order valence-electron chi connectivity index (χ2n) is 5.26. The average molecular weight is 336 g/mol. The van der Waals surface area contributed by atoms with Crippen molar-refractivity contribution in [1.82, 2.24) is 4.98 Å². The summed E-state index contributed by atoms with van der Waals surface area (Å²) >= 11 is 0. The van der Waals surface area contributed by atoms with Gasteiger partial charge in [0.25, 0.3) is 0 Å². The molecule has 1 heterocycles. The molecular formula is C18H12N2O5. The number of carboxylic acids is 1. The van der Waals surface area contributed by atoms with Crippen molar-refractivity contribution in [3.05, 3.63) is 75.5 Å². The van der Waals surface area contributed by atoms with Crippen LogP contribution in [0.2, 0.25) is 0 Å². The van der Waals surface area contributed by atoms with Gasteiger partial charge < -0.3 is 10.2 Å². The fourth-order valence-electron chi connectivity index (χ4n) is 2.43. The number of phenolic OH excluding ortho intramolecular Hbond substituents is 1. The van der Waals surface area contributed by atoms with Crippen molar-refractivity contribution in [3.8, 4) is 5.75 Å². The maximum Gasteiger partial charge on any atom is 0.336 e. The monoisotopic (exact) mass is 336 g/mol. The zero-order valence-corrected chi connectivity index (χ0v) is 12.8. The molecule has 0 bridgehead atoms. The Hall–Kier alpha value is -3.74. The lowest BCUT2D eigenvalue weighted by atomic mass is 10.1. The van der Waals surface area contributed by atoms with Gasteiger partial charge in [-0.1, -0.05) is 30.3 Å². The highest BCUT2D eigenvalue weighted by Crippen LogP contribution is 2.27. The van der Waals surface area contributed by atoms with Crippen molar-refractivity contribution < 1.29 is 19.9 Å². The molecule has 124 valence electrons. The van der Waals surface area contributed by atoms with E-state index in [2.05, 4.69) is 4.98 Å². The van der Waals surface area contributed by atoms with Crippen LogP contribution in [0.3, 0.4) is 0 Å². The Bertz CT molecular complexity index is 1030. The Morgan fingerprint density at radius 3 is 2.60 bits per heavy atom. The van der Waals surface area contributed by atoms with Gasteiger partial charge in [0, 0.05) is 11.5 Å². The van der Waals surface area contributed by atoms with Crippen LogP contribution in [0.1, 0.15) is 21.6 Å². The normalized spacial score (nSPS) is 11.0. The molecule has 0 saturated carbocycles. The molecule has 0 radical (unpaired) electrons. The fraction of sp³-hybridized carbons (Fsp3) is 0. The second-order valence-corrected chi connectivity index (χ2v) is 5.26. The van der Waals surface area contributed by atoms with Crippen molar-refractivity contribution in [2.75, 3.05) is 0 Å². The summed E-state index contributed by atoms with van der Waals surface area (Å²) in [6.07, 6.45) is 3.13. The van der Waals surface area contributed by atoms with Gasteiger partial charge in [-0.05, 0) is 29.8 Å². The smallest absolute Gasteiger partial charge is 0.336 e. The number of fused-ring (bicyclic) bond motifs is 1. The number of benzene rings is 2. The molecule has 0 spiro atoms. The number of aromatic hydroxyl groups is 1. The largest absolute Gasteiger partial charge is 0.502 e. The van der Waals surface area contributed by atoms with E-state index in [-0.39, 0.29) is 5.56 Å². The predicted octanol–water partition coefficient (Wildman–Crippen LogP) is 3.72. The Morgan fingerprint density at radius 2 is 1.88 bits per heavy atom. The fourth-order valence-corrected chi connectivity index (χ4v) is 2.43. The van der Waals surface area contributed by atoms with Crippen LogP contribution in [0.5, 0.6) is 5.75 Å². The number of nitrogens with zero attached hydrogens (tertiary/aromatic N) is 2. The van der Waals surface area contributed by atoms with Gasteiger partial charge >= 0.3 is 11.7 Å². The molecule has 0 aliphatic heterocycles. The lowest BCUT2D eigenvalue weighted by Crippen LogP contribution is -2.00.